The molecule has 168 valence electrons. The van der Waals surface area contributed by atoms with E-state index in [2.05, 4.69) is 24.3 Å². The Morgan fingerprint density at radius 3 is 2.41 bits per heavy atom. The van der Waals surface area contributed by atoms with Crippen molar-refractivity contribution in [3.63, 3.8) is 0 Å². The molecule has 5 nitrogen and oxygen atoms in total. The second-order valence-electron chi connectivity index (χ2n) is 7.68. The van der Waals surface area contributed by atoms with E-state index in [1.54, 1.807) is 30.3 Å². The number of ether oxygens (including phenoxy) is 2. The number of para-hydroxylation sites is 2. The molecule has 0 N–H and O–H groups in total. The molecule has 0 aliphatic carbocycles. The molecular weight excluding hydrogens is 446 g/mol. The highest BCUT2D eigenvalue weighted by Gasteiger charge is 2.37. The maximum Gasteiger partial charge on any atom is 0.298 e. The highest BCUT2D eigenvalue weighted by Crippen LogP contribution is 2.39. The van der Waals surface area contributed by atoms with E-state index in [1.807, 2.05) is 42.5 Å². The number of rotatable bonds is 6. The Morgan fingerprint density at radius 1 is 0.853 bits per heavy atom. The third-order valence-corrected chi connectivity index (χ3v) is 6.44. The summed E-state index contributed by atoms with van der Waals surface area (Å²) in [5, 5.41) is 2.00. The first-order valence-electron chi connectivity index (χ1n) is 10.7. The molecule has 0 unspecified atom stereocenters. The maximum atomic E-state index is 13.0. The first-order valence-corrected chi connectivity index (χ1v) is 11.6. The topological polar surface area (TPSA) is 55.8 Å². The van der Waals surface area contributed by atoms with Gasteiger partial charge in [0, 0.05) is 0 Å². The summed E-state index contributed by atoms with van der Waals surface area (Å²) in [4.78, 5) is 27.0. The molecule has 0 aromatic heterocycles. The van der Waals surface area contributed by atoms with Gasteiger partial charge in [0.1, 0.15) is 18.1 Å². The van der Waals surface area contributed by atoms with Crippen LogP contribution in [0.4, 0.5) is 10.5 Å². The second kappa shape index (κ2) is 9.45. The number of thioether (sulfide) groups is 1. The number of benzene rings is 4. The first kappa shape index (κ1) is 21.8. The van der Waals surface area contributed by atoms with Gasteiger partial charge in [-0.1, -0.05) is 66.7 Å². The van der Waals surface area contributed by atoms with Gasteiger partial charge in [-0.2, -0.15) is 0 Å². The average Bonchev–Trinajstić information content (AvgIpc) is 3.15. The number of hydrogen-bond acceptors (Lipinski definition) is 5. The number of methoxy groups -OCH3 is 1. The smallest absolute Gasteiger partial charge is 0.298 e. The van der Waals surface area contributed by atoms with E-state index in [9.17, 15) is 9.59 Å². The number of imide groups is 1. The molecule has 4 aromatic rings. The molecule has 1 aliphatic heterocycles. The number of carbonyl (C=O) groups excluding carboxylic acids is 2. The minimum Gasteiger partial charge on any atom is -0.495 e. The van der Waals surface area contributed by atoms with Crippen molar-refractivity contribution in [1.82, 2.24) is 0 Å². The quantitative estimate of drug-likeness (QED) is 0.297. The minimum atomic E-state index is -0.365. The summed E-state index contributed by atoms with van der Waals surface area (Å²) in [6.45, 7) is 0.457. The Bertz CT molecular complexity index is 1410. The minimum absolute atomic E-state index is 0.351. The molecule has 0 saturated carbocycles. The Hall–Kier alpha value is -4.03. The van der Waals surface area contributed by atoms with Crippen molar-refractivity contribution in [2.45, 2.75) is 6.61 Å². The fourth-order valence-corrected chi connectivity index (χ4v) is 4.72. The van der Waals surface area contributed by atoms with Gasteiger partial charge in [-0.3, -0.25) is 9.59 Å². The molecule has 4 aromatic carbocycles. The van der Waals surface area contributed by atoms with E-state index in [0.717, 1.165) is 33.5 Å². The van der Waals surface area contributed by atoms with Gasteiger partial charge in [0.05, 0.1) is 17.7 Å². The molecule has 1 saturated heterocycles. The second-order valence-corrected chi connectivity index (χ2v) is 8.68. The molecule has 5 rings (SSSR count). The molecule has 0 atom stereocenters. The van der Waals surface area contributed by atoms with E-state index in [0.29, 0.717) is 22.9 Å². The number of amides is 2. The number of hydrogen-bond donors (Lipinski definition) is 0. The predicted molar refractivity (Wildman–Crippen MR) is 136 cm³/mol. The first-order chi connectivity index (χ1) is 16.6. The summed E-state index contributed by atoms with van der Waals surface area (Å²) in [6.07, 6.45) is 1.72. The summed E-state index contributed by atoms with van der Waals surface area (Å²) in [5.41, 5.74) is 2.36. The van der Waals surface area contributed by atoms with Crippen molar-refractivity contribution in [2.24, 2.45) is 0 Å². The van der Waals surface area contributed by atoms with Crippen molar-refractivity contribution >= 4 is 45.4 Å². The zero-order chi connectivity index (χ0) is 23.5. The van der Waals surface area contributed by atoms with Crippen LogP contribution in [-0.2, 0) is 11.4 Å². The van der Waals surface area contributed by atoms with E-state index >= 15 is 0 Å². The highest BCUT2D eigenvalue weighted by atomic mass is 32.2. The molecule has 0 radical (unpaired) electrons. The van der Waals surface area contributed by atoms with Crippen molar-refractivity contribution < 1.29 is 19.1 Å². The number of nitrogens with zero attached hydrogens (tertiary/aromatic N) is 1. The highest BCUT2D eigenvalue weighted by molar-refractivity contribution is 8.19. The van der Waals surface area contributed by atoms with Gasteiger partial charge in [0.15, 0.2) is 0 Å². The number of fused-ring (bicyclic) bond motifs is 1. The number of anilines is 1. The van der Waals surface area contributed by atoms with Gasteiger partial charge in [0.2, 0.25) is 0 Å². The van der Waals surface area contributed by atoms with Gasteiger partial charge in [-0.25, -0.2) is 4.90 Å². The van der Waals surface area contributed by atoms with Crippen molar-refractivity contribution in [3.05, 3.63) is 107 Å². The summed E-state index contributed by atoms with van der Waals surface area (Å²) in [5.74, 6) is 0.835. The van der Waals surface area contributed by atoms with Crippen molar-refractivity contribution in [1.29, 1.82) is 0 Å². The summed E-state index contributed by atoms with van der Waals surface area (Å²) >= 11 is 0.915. The largest absolute Gasteiger partial charge is 0.495 e. The van der Waals surface area contributed by atoms with Gasteiger partial charge < -0.3 is 9.47 Å². The Morgan fingerprint density at radius 2 is 1.59 bits per heavy atom. The van der Waals surface area contributed by atoms with Crippen LogP contribution < -0.4 is 14.4 Å². The Kier molecular flexibility index (Phi) is 6.06. The number of carbonyl (C=O) groups is 2. The van der Waals surface area contributed by atoms with Crippen molar-refractivity contribution in [2.75, 3.05) is 12.0 Å². The average molecular weight is 468 g/mol. The molecular formula is C28H21NO4S. The fourth-order valence-electron chi connectivity index (χ4n) is 3.88. The van der Waals surface area contributed by atoms with Crippen LogP contribution in [0.25, 0.3) is 16.8 Å². The standard InChI is InChI=1S/C28H21NO4S/c1-32-25-12-5-4-11-24(25)29-27(30)26(34-28(29)31)17-19-13-15-22(16-14-19)33-18-21-9-6-8-20-7-2-3-10-23(20)21/h2-17H,18H2,1H3/b26-17-. The van der Waals surface area contributed by atoms with E-state index in [4.69, 9.17) is 9.47 Å². The van der Waals surface area contributed by atoms with E-state index in [-0.39, 0.29) is 11.1 Å². The van der Waals surface area contributed by atoms with Crippen LogP contribution >= 0.6 is 11.8 Å². The maximum absolute atomic E-state index is 13.0. The summed E-state index contributed by atoms with van der Waals surface area (Å²) in [6, 6.07) is 28.8. The third kappa shape index (κ3) is 4.28. The predicted octanol–water partition coefficient (Wildman–Crippen LogP) is 6.67. The van der Waals surface area contributed by atoms with Crippen LogP contribution in [0, 0.1) is 0 Å². The third-order valence-electron chi connectivity index (χ3n) is 5.57. The lowest BCUT2D eigenvalue weighted by atomic mass is 10.1. The molecule has 6 heteroatoms. The SMILES string of the molecule is COc1ccccc1N1C(=O)S/C(=C\c2ccc(OCc3cccc4ccccc34)cc2)C1=O. The molecule has 1 heterocycles. The molecule has 1 fully saturated rings. The lowest BCUT2D eigenvalue weighted by molar-refractivity contribution is -0.113. The lowest BCUT2D eigenvalue weighted by Gasteiger charge is -2.15. The fraction of sp³-hybridized carbons (Fsp3) is 0.0714. The normalized spacial score (nSPS) is 14.7. The monoisotopic (exact) mass is 467 g/mol. The summed E-state index contributed by atoms with van der Waals surface area (Å²) in [7, 11) is 1.51. The van der Waals surface area contributed by atoms with Crippen LogP contribution in [0.2, 0.25) is 0 Å². The Balaban J connectivity index is 1.30. The molecule has 0 bridgehead atoms. The lowest BCUT2D eigenvalue weighted by Crippen LogP contribution is -2.28. The molecule has 2 amide bonds. The zero-order valence-electron chi connectivity index (χ0n) is 18.4. The van der Waals surface area contributed by atoms with Gasteiger partial charge in [-0.15, -0.1) is 0 Å². The van der Waals surface area contributed by atoms with Crippen LogP contribution in [-0.4, -0.2) is 18.3 Å². The van der Waals surface area contributed by atoms with E-state index in [1.165, 1.54) is 17.9 Å². The van der Waals surface area contributed by atoms with Gasteiger partial charge >= 0.3 is 0 Å². The van der Waals surface area contributed by atoms with Crippen LogP contribution in [0.3, 0.4) is 0 Å². The van der Waals surface area contributed by atoms with Crippen LogP contribution in [0.1, 0.15) is 11.1 Å². The molecule has 1 aliphatic rings. The Labute approximate surface area is 201 Å². The van der Waals surface area contributed by atoms with Crippen molar-refractivity contribution in [3.8, 4) is 11.5 Å². The zero-order valence-corrected chi connectivity index (χ0v) is 19.2. The molecule has 34 heavy (non-hydrogen) atoms. The van der Waals surface area contributed by atoms with Gasteiger partial charge in [-0.05, 0) is 64.0 Å². The van der Waals surface area contributed by atoms with Gasteiger partial charge in [0.25, 0.3) is 11.1 Å². The van der Waals surface area contributed by atoms with E-state index < -0.39 is 0 Å². The molecule has 0 spiro atoms. The summed E-state index contributed by atoms with van der Waals surface area (Å²) < 4.78 is 11.3. The van der Waals surface area contributed by atoms with Crippen LogP contribution in [0.15, 0.2) is 95.9 Å². The van der Waals surface area contributed by atoms with Crippen LogP contribution in [0.5, 0.6) is 11.5 Å².